The first-order valence-corrected chi connectivity index (χ1v) is 7.02. The van der Waals surface area contributed by atoms with E-state index in [2.05, 4.69) is 22.2 Å². The van der Waals surface area contributed by atoms with Crippen LogP contribution in [0.2, 0.25) is 0 Å². The lowest BCUT2D eigenvalue weighted by molar-refractivity contribution is 0.242. The van der Waals surface area contributed by atoms with Crippen LogP contribution in [0.5, 0.6) is 5.75 Å². The van der Waals surface area contributed by atoms with Gasteiger partial charge in [0.25, 0.3) is 0 Å². The third-order valence-electron chi connectivity index (χ3n) is 2.75. The fraction of sp³-hybridized carbons (Fsp3) is 0.375. The standard InChI is InChI=1S/C16H21N3O/c1-4-9-17-16-10-15(18-11-19-16)13-5-7-14(8-6-13)20-12(2)3/h5-8,10-12H,4,9H2,1-3H3,(H,17,18,19). The van der Waals surface area contributed by atoms with Crippen LogP contribution in [-0.2, 0) is 0 Å². The minimum absolute atomic E-state index is 0.185. The van der Waals surface area contributed by atoms with Crippen LogP contribution in [0.3, 0.4) is 0 Å². The van der Waals surface area contributed by atoms with Gasteiger partial charge in [0.2, 0.25) is 0 Å². The highest BCUT2D eigenvalue weighted by Gasteiger charge is 2.03. The van der Waals surface area contributed by atoms with Gasteiger partial charge in [0.15, 0.2) is 0 Å². The first-order valence-electron chi connectivity index (χ1n) is 7.02. The van der Waals surface area contributed by atoms with E-state index in [1.165, 1.54) is 0 Å². The van der Waals surface area contributed by atoms with Crippen molar-refractivity contribution in [2.24, 2.45) is 0 Å². The van der Waals surface area contributed by atoms with Crippen molar-refractivity contribution in [2.75, 3.05) is 11.9 Å². The van der Waals surface area contributed by atoms with Gasteiger partial charge in [-0.2, -0.15) is 0 Å². The lowest BCUT2D eigenvalue weighted by Gasteiger charge is -2.10. The first kappa shape index (κ1) is 14.3. The molecule has 0 atom stereocenters. The van der Waals surface area contributed by atoms with Crippen LogP contribution in [0.1, 0.15) is 27.2 Å². The molecule has 0 saturated heterocycles. The highest BCUT2D eigenvalue weighted by Crippen LogP contribution is 2.22. The van der Waals surface area contributed by atoms with Crippen LogP contribution in [0.25, 0.3) is 11.3 Å². The lowest BCUT2D eigenvalue weighted by atomic mass is 10.1. The van der Waals surface area contributed by atoms with Crippen molar-refractivity contribution >= 4 is 5.82 Å². The van der Waals surface area contributed by atoms with Gasteiger partial charge in [0.1, 0.15) is 17.9 Å². The van der Waals surface area contributed by atoms with Gasteiger partial charge in [0, 0.05) is 18.2 Å². The molecule has 1 heterocycles. The Hall–Kier alpha value is -2.10. The highest BCUT2D eigenvalue weighted by atomic mass is 16.5. The molecule has 2 rings (SSSR count). The van der Waals surface area contributed by atoms with Gasteiger partial charge >= 0.3 is 0 Å². The largest absolute Gasteiger partial charge is 0.491 e. The second kappa shape index (κ2) is 6.89. The SMILES string of the molecule is CCCNc1cc(-c2ccc(OC(C)C)cc2)ncn1. The van der Waals surface area contributed by atoms with E-state index in [4.69, 9.17) is 4.74 Å². The molecule has 1 aromatic heterocycles. The van der Waals surface area contributed by atoms with Gasteiger partial charge in [-0.25, -0.2) is 9.97 Å². The van der Waals surface area contributed by atoms with Crippen LogP contribution in [0.4, 0.5) is 5.82 Å². The van der Waals surface area contributed by atoms with E-state index in [1.807, 2.05) is 44.2 Å². The van der Waals surface area contributed by atoms with E-state index in [0.717, 1.165) is 35.8 Å². The number of ether oxygens (including phenoxy) is 1. The molecule has 0 amide bonds. The number of hydrogen-bond acceptors (Lipinski definition) is 4. The van der Waals surface area contributed by atoms with Crippen LogP contribution >= 0.6 is 0 Å². The Morgan fingerprint density at radius 3 is 2.55 bits per heavy atom. The molecular formula is C16H21N3O. The monoisotopic (exact) mass is 271 g/mol. The molecule has 0 spiro atoms. The molecule has 0 aliphatic rings. The van der Waals surface area contributed by atoms with Crippen LogP contribution in [0.15, 0.2) is 36.7 Å². The Bertz CT molecular complexity index is 538. The quantitative estimate of drug-likeness (QED) is 0.869. The number of rotatable bonds is 6. The molecular weight excluding hydrogens is 250 g/mol. The molecule has 20 heavy (non-hydrogen) atoms. The maximum atomic E-state index is 5.64. The fourth-order valence-electron chi connectivity index (χ4n) is 1.84. The van der Waals surface area contributed by atoms with E-state index in [0.29, 0.717) is 0 Å². The second-order valence-electron chi connectivity index (χ2n) is 4.91. The Morgan fingerprint density at radius 1 is 1.15 bits per heavy atom. The van der Waals surface area contributed by atoms with Gasteiger partial charge in [-0.3, -0.25) is 0 Å². The number of hydrogen-bond donors (Lipinski definition) is 1. The third-order valence-corrected chi connectivity index (χ3v) is 2.75. The molecule has 0 aliphatic heterocycles. The van der Waals surface area contributed by atoms with Gasteiger partial charge in [-0.1, -0.05) is 6.92 Å². The fourth-order valence-corrected chi connectivity index (χ4v) is 1.84. The lowest BCUT2D eigenvalue weighted by Crippen LogP contribution is -2.05. The van der Waals surface area contributed by atoms with Crippen molar-refractivity contribution in [3.63, 3.8) is 0 Å². The van der Waals surface area contributed by atoms with E-state index in [-0.39, 0.29) is 6.10 Å². The molecule has 2 aromatic rings. The Balaban J connectivity index is 2.14. The van der Waals surface area contributed by atoms with E-state index < -0.39 is 0 Å². The van der Waals surface area contributed by atoms with Crippen molar-refractivity contribution in [3.8, 4) is 17.0 Å². The van der Waals surface area contributed by atoms with Crippen molar-refractivity contribution in [3.05, 3.63) is 36.7 Å². The zero-order valence-corrected chi connectivity index (χ0v) is 12.3. The van der Waals surface area contributed by atoms with E-state index in [1.54, 1.807) is 6.33 Å². The predicted molar refractivity (Wildman–Crippen MR) is 82.0 cm³/mol. The number of nitrogens with zero attached hydrogens (tertiary/aromatic N) is 2. The van der Waals surface area contributed by atoms with Gasteiger partial charge in [-0.15, -0.1) is 0 Å². The number of aromatic nitrogens is 2. The van der Waals surface area contributed by atoms with Gasteiger partial charge < -0.3 is 10.1 Å². The normalized spacial score (nSPS) is 10.6. The smallest absolute Gasteiger partial charge is 0.129 e. The summed E-state index contributed by atoms with van der Waals surface area (Å²) < 4.78 is 5.64. The molecule has 1 aromatic carbocycles. The Kier molecular flexibility index (Phi) is 4.93. The zero-order valence-electron chi connectivity index (χ0n) is 12.3. The molecule has 0 unspecified atom stereocenters. The molecule has 106 valence electrons. The predicted octanol–water partition coefficient (Wildman–Crippen LogP) is 3.75. The molecule has 0 aliphatic carbocycles. The molecule has 4 nitrogen and oxygen atoms in total. The summed E-state index contributed by atoms with van der Waals surface area (Å²) >= 11 is 0. The zero-order chi connectivity index (χ0) is 14.4. The summed E-state index contributed by atoms with van der Waals surface area (Å²) in [5, 5.41) is 3.27. The Labute approximate surface area is 120 Å². The highest BCUT2D eigenvalue weighted by molar-refractivity contribution is 5.62. The summed E-state index contributed by atoms with van der Waals surface area (Å²) in [4.78, 5) is 8.53. The van der Waals surface area contributed by atoms with Crippen LogP contribution in [-0.4, -0.2) is 22.6 Å². The molecule has 4 heteroatoms. The maximum Gasteiger partial charge on any atom is 0.129 e. The topological polar surface area (TPSA) is 47.0 Å². The summed E-state index contributed by atoms with van der Waals surface area (Å²) in [5.74, 6) is 1.74. The first-order chi connectivity index (χ1) is 9.69. The summed E-state index contributed by atoms with van der Waals surface area (Å²) in [6.07, 6.45) is 2.84. The van der Waals surface area contributed by atoms with Crippen molar-refractivity contribution < 1.29 is 4.74 Å². The Morgan fingerprint density at radius 2 is 1.90 bits per heavy atom. The number of nitrogens with one attached hydrogen (secondary N) is 1. The summed E-state index contributed by atoms with van der Waals surface area (Å²) in [6.45, 7) is 7.08. The van der Waals surface area contributed by atoms with Crippen molar-refractivity contribution in [1.82, 2.24) is 9.97 Å². The summed E-state index contributed by atoms with van der Waals surface area (Å²) in [5.41, 5.74) is 1.97. The van der Waals surface area contributed by atoms with Gasteiger partial charge in [-0.05, 0) is 44.5 Å². The van der Waals surface area contributed by atoms with E-state index >= 15 is 0 Å². The average molecular weight is 271 g/mol. The van der Waals surface area contributed by atoms with Crippen LogP contribution < -0.4 is 10.1 Å². The van der Waals surface area contributed by atoms with Crippen molar-refractivity contribution in [2.45, 2.75) is 33.3 Å². The molecule has 1 N–H and O–H groups in total. The molecule has 0 saturated carbocycles. The number of anilines is 1. The van der Waals surface area contributed by atoms with Crippen molar-refractivity contribution in [1.29, 1.82) is 0 Å². The average Bonchev–Trinajstić information content (AvgIpc) is 2.45. The second-order valence-corrected chi connectivity index (χ2v) is 4.91. The minimum atomic E-state index is 0.185. The molecule has 0 radical (unpaired) electrons. The number of benzene rings is 1. The molecule has 0 fully saturated rings. The summed E-state index contributed by atoms with van der Waals surface area (Å²) in [7, 11) is 0. The third kappa shape index (κ3) is 3.95. The minimum Gasteiger partial charge on any atom is -0.491 e. The van der Waals surface area contributed by atoms with Gasteiger partial charge in [0.05, 0.1) is 11.8 Å². The maximum absolute atomic E-state index is 5.64. The van der Waals surface area contributed by atoms with Crippen LogP contribution in [0, 0.1) is 0 Å². The van der Waals surface area contributed by atoms with E-state index in [9.17, 15) is 0 Å². The molecule has 0 bridgehead atoms. The summed E-state index contributed by atoms with van der Waals surface area (Å²) in [6, 6.07) is 9.94.